The first kappa shape index (κ1) is 12.6. The van der Waals surface area contributed by atoms with Gasteiger partial charge in [-0.15, -0.1) is 0 Å². The van der Waals surface area contributed by atoms with Gasteiger partial charge in [-0.3, -0.25) is 4.90 Å². The minimum Gasteiger partial charge on any atom is -0.333 e. The highest BCUT2D eigenvalue weighted by molar-refractivity contribution is 4.95. The third kappa shape index (κ3) is 3.07. The summed E-state index contributed by atoms with van der Waals surface area (Å²) in [5.41, 5.74) is 6.40. The van der Waals surface area contributed by atoms with Crippen molar-refractivity contribution < 1.29 is 0 Å². The number of fused-ring (bicyclic) bond motifs is 1. The van der Waals surface area contributed by atoms with Gasteiger partial charge in [0.05, 0.1) is 6.54 Å². The Balaban J connectivity index is 1.83. The molecule has 0 amide bonds. The largest absolute Gasteiger partial charge is 0.333 e. The van der Waals surface area contributed by atoms with Crippen LogP contribution in [0.15, 0.2) is 12.4 Å². The molecular formula is C13H24N4. The number of aromatic nitrogens is 2. The summed E-state index contributed by atoms with van der Waals surface area (Å²) in [6.07, 6.45) is 5.01. The van der Waals surface area contributed by atoms with Crippen molar-refractivity contribution in [2.24, 2.45) is 11.1 Å². The molecule has 0 saturated carbocycles. The molecule has 0 radical (unpaired) electrons. The van der Waals surface area contributed by atoms with Crippen molar-refractivity contribution in [3.8, 4) is 0 Å². The van der Waals surface area contributed by atoms with E-state index in [4.69, 9.17) is 5.73 Å². The molecule has 2 heterocycles. The van der Waals surface area contributed by atoms with Gasteiger partial charge in [0.15, 0.2) is 0 Å². The summed E-state index contributed by atoms with van der Waals surface area (Å²) in [5.74, 6) is 1.18. The lowest BCUT2D eigenvalue weighted by atomic mass is 9.85. The Hall–Kier alpha value is -0.870. The van der Waals surface area contributed by atoms with Gasteiger partial charge in [0.1, 0.15) is 5.82 Å². The van der Waals surface area contributed by atoms with E-state index in [1.54, 1.807) is 0 Å². The molecule has 1 aliphatic rings. The first-order chi connectivity index (χ1) is 7.97. The van der Waals surface area contributed by atoms with E-state index in [0.29, 0.717) is 0 Å². The van der Waals surface area contributed by atoms with Gasteiger partial charge in [0.2, 0.25) is 0 Å². The Morgan fingerprint density at radius 1 is 1.41 bits per heavy atom. The summed E-state index contributed by atoms with van der Waals surface area (Å²) < 4.78 is 2.24. The maximum atomic E-state index is 6.20. The van der Waals surface area contributed by atoms with E-state index in [1.165, 1.54) is 5.82 Å². The van der Waals surface area contributed by atoms with Crippen LogP contribution in [0.3, 0.4) is 0 Å². The van der Waals surface area contributed by atoms with Gasteiger partial charge in [-0.05, 0) is 11.8 Å². The van der Waals surface area contributed by atoms with Crippen molar-refractivity contribution in [3.63, 3.8) is 0 Å². The Morgan fingerprint density at radius 2 is 2.18 bits per heavy atom. The van der Waals surface area contributed by atoms with E-state index in [2.05, 4.69) is 41.4 Å². The summed E-state index contributed by atoms with van der Waals surface area (Å²) in [7, 11) is 0. The fraction of sp³-hybridized carbons (Fsp3) is 0.769. The van der Waals surface area contributed by atoms with Crippen molar-refractivity contribution >= 4 is 0 Å². The predicted octanol–water partition coefficient (Wildman–Crippen LogP) is 1.46. The highest BCUT2D eigenvalue weighted by Gasteiger charge is 2.22. The molecule has 2 rings (SSSR count). The van der Waals surface area contributed by atoms with Crippen LogP contribution in [-0.2, 0) is 13.1 Å². The smallest absolute Gasteiger partial charge is 0.122 e. The molecular weight excluding hydrogens is 212 g/mol. The molecule has 4 heteroatoms. The molecule has 1 aromatic rings. The van der Waals surface area contributed by atoms with E-state index < -0.39 is 0 Å². The Morgan fingerprint density at radius 3 is 2.88 bits per heavy atom. The minimum atomic E-state index is 0.203. The summed E-state index contributed by atoms with van der Waals surface area (Å²) in [6, 6.07) is 0.268. The van der Waals surface area contributed by atoms with Crippen molar-refractivity contribution in [2.45, 2.75) is 46.3 Å². The SMILES string of the molecule is CC(C)(C)C(N)CCN1CCn2ccnc2C1. The molecule has 2 N–H and O–H groups in total. The molecule has 4 nitrogen and oxygen atoms in total. The lowest BCUT2D eigenvalue weighted by Crippen LogP contribution is -2.41. The van der Waals surface area contributed by atoms with Gasteiger partial charge in [-0.1, -0.05) is 20.8 Å². The quantitative estimate of drug-likeness (QED) is 0.864. The highest BCUT2D eigenvalue weighted by Crippen LogP contribution is 2.20. The average Bonchev–Trinajstić information content (AvgIpc) is 2.71. The second-order valence-electron chi connectivity index (χ2n) is 6.07. The number of hydrogen-bond donors (Lipinski definition) is 1. The predicted molar refractivity (Wildman–Crippen MR) is 69.6 cm³/mol. The molecule has 0 spiro atoms. The lowest BCUT2D eigenvalue weighted by molar-refractivity contribution is 0.191. The topological polar surface area (TPSA) is 47.1 Å². The van der Waals surface area contributed by atoms with Crippen LogP contribution < -0.4 is 5.73 Å². The highest BCUT2D eigenvalue weighted by atomic mass is 15.2. The number of nitrogens with two attached hydrogens (primary N) is 1. The Kier molecular flexibility index (Phi) is 3.54. The van der Waals surface area contributed by atoms with Crippen molar-refractivity contribution in [1.82, 2.24) is 14.5 Å². The van der Waals surface area contributed by atoms with Crippen LogP contribution in [0.5, 0.6) is 0 Å². The van der Waals surface area contributed by atoms with E-state index in [1.807, 2.05) is 6.20 Å². The maximum absolute atomic E-state index is 6.20. The summed E-state index contributed by atoms with van der Waals surface area (Å²) in [5, 5.41) is 0. The first-order valence-electron chi connectivity index (χ1n) is 6.45. The van der Waals surface area contributed by atoms with E-state index in [9.17, 15) is 0 Å². The van der Waals surface area contributed by atoms with Crippen LogP contribution in [0, 0.1) is 5.41 Å². The summed E-state index contributed by atoms with van der Waals surface area (Å²) in [4.78, 5) is 6.83. The standard InChI is InChI=1S/C13H24N4/c1-13(2,3)11(14)4-6-16-8-9-17-7-5-15-12(17)10-16/h5,7,11H,4,6,8-10,14H2,1-3H3. The molecule has 1 aromatic heterocycles. The minimum absolute atomic E-state index is 0.203. The third-order valence-corrected chi connectivity index (χ3v) is 3.69. The number of rotatable bonds is 3. The fourth-order valence-electron chi connectivity index (χ4n) is 2.17. The zero-order chi connectivity index (χ0) is 12.5. The van der Waals surface area contributed by atoms with Crippen LogP contribution in [0.1, 0.15) is 33.0 Å². The number of hydrogen-bond acceptors (Lipinski definition) is 3. The molecule has 1 atom stereocenters. The fourth-order valence-corrected chi connectivity index (χ4v) is 2.17. The average molecular weight is 236 g/mol. The van der Waals surface area contributed by atoms with Crippen molar-refractivity contribution in [3.05, 3.63) is 18.2 Å². The second-order valence-corrected chi connectivity index (χ2v) is 6.07. The second kappa shape index (κ2) is 4.78. The molecule has 0 saturated heterocycles. The van der Waals surface area contributed by atoms with E-state index in [-0.39, 0.29) is 11.5 Å². The normalized spacial score (nSPS) is 19.1. The van der Waals surface area contributed by atoms with E-state index in [0.717, 1.165) is 32.6 Å². The molecule has 0 aromatic carbocycles. The number of imidazole rings is 1. The van der Waals surface area contributed by atoms with Crippen molar-refractivity contribution in [2.75, 3.05) is 13.1 Å². The van der Waals surface area contributed by atoms with Crippen LogP contribution in [0.25, 0.3) is 0 Å². The van der Waals surface area contributed by atoms with Gasteiger partial charge in [0.25, 0.3) is 0 Å². The van der Waals surface area contributed by atoms with Crippen molar-refractivity contribution in [1.29, 1.82) is 0 Å². The zero-order valence-corrected chi connectivity index (χ0v) is 11.2. The summed E-state index contributed by atoms with van der Waals surface area (Å²) >= 11 is 0. The van der Waals surface area contributed by atoms with Gasteiger partial charge in [0, 0.05) is 38.1 Å². The molecule has 96 valence electrons. The van der Waals surface area contributed by atoms with Gasteiger partial charge in [-0.25, -0.2) is 4.98 Å². The Labute approximate surface area is 104 Å². The lowest BCUT2D eigenvalue weighted by Gasteiger charge is -2.32. The number of nitrogens with zero attached hydrogens (tertiary/aromatic N) is 3. The Bertz CT molecular complexity index is 364. The molecule has 0 bridgehead atoms. The van der Waals surface area contributed by atoms with Crippen LogP contribution >= 0.6 is 0 Å². The first-order valence-corrected chi connectivity index (χ1v) is 6.45. The third-order valence-electron chi connectivity index (χ3n) is 3.69. The maximum Gasteiger partial charge on any atom is 0.122 e. The zero-order valence-electron chi connectivity index (χ0n) is 11.2. The van der Waals surface area contributed by atoms with Crippen LogP contribution in [-0.4, -0.2) is 33.6 Å². The van der Waals surface area contributed by atoms with Gasteiger partial charge in [-0.2, -0.15) is 0 Å². The summed E-state index contributed by atoms with van der Waals surface area (Å²) in [6.45, 7) is 10.8. The molecule has 1 aliphatic heterocycles. The van der Waals surface area contributed by atoms with Crippen LogP contribution in [0.4, 0.5) is 0 Å². The van der Waals surface area contributed by atoms with E-state index >= 15 is 0 Å². The molecule has 1 unspecified atom stereocenters. The van der Waals surface area contributed by atoms with Gasteiger partial charge >= 0.3 is 0 Å². The monoisotopic (exact) mass is 236 g/mol. The van der Waals surface area contributed by atoms with Crippen LogP contribution in [0.2, 0.25) is 0 Å². The molecule has 0 fully saturated rings. The molecule has 17 heavy (non-hydrogen) atoms. The molecule has 0 aliphatic carbocycles. The van der Waals surface area contributed by atoms with Gasteiger partial charge < -0.3 is 10.3 Å².